The minimum Gasteiger partial charge on any atom is -0.284 e. The van der Waals surface area contributed by atoms with Gasteiger partial charge in [-0.2, -0.15) is 0 Å². The molecule has 108 valence electrons. The summed E-state index contributed by atoms with van der Waals surface area (Å²) in [6.45, 7) is 2.39. The van der Waals surface area contributed by atoms with Gasteiger partial charge in [0, 0.05) is 13.1 Å². The lowest BCUT2D eigenvalue weighted by Crippen LogP contribution is -2.23. The highest BCUT2D eigenvalue weighted by atomic mass is 15.1. The SMILES string of the molecule is C#CCN(Cc1ccccc1)Cc1ccc2ccccc2c1. The number of fused-ring (bicyclic) bond motifs is 1. The van der Waals surface area contributed by atoms with E-state index in [0.29, 0.717) is 6.54 Å². The van der Waals surface area contributed by atoms with Crippen molar-refractivity contribution in [2.75, 3.05) is 6.54 Å². The van der Waals surface area contributed by atoms with E-state index < -0.39 is 0 Å². The van der Waals surface area contributed by atoms with Gasteiger partial charge >= 0.3 is 0 Å². The van der Waals surface area contributed by atoms with E-state index in [4.69, 9.17) is 6.42 Å². The van der Waals surface area contributed by atoms with Crippen LogP contribution in [0.25, 0.3) is 10.8 Å². The molecule has 0 unspecified atom stereocenters. The Balaban J connectivity index is 1.78. The Morgan fingerprint density at radius 3 is 2.18 bits per heavy atom. The summed E-state index contributed by atoms with van der Waals surface area (Å²) in [5.41, 5.74) is 2.59. The largest absolute Gasteiger partial charge is 0.284 e. The van der Waals surface area contributed by atoms with Gasteiger partial charge < -0.3 is 0 Å². The molecule has 3 rings (SSSR count). The average molecular weight is 285 g/mol. The number of nitrogens with zero attached hydrogens (tertiary/aromatic N) is 1. The van der Waals surface area contributed by atoms with Gasteiger partial charge in [0.2, 0.25) is 0 Å². The van der Waals surface area contributed by atoms with E-state index in [-0.39, 0.29) is 0 Å². The lowest BCUT2D eigenvalue weighted by Gasteiger charge is -2.20. The number of terminal acetylenes is 1. The molecule has 0 aliphatic rings. The first-order valence-corrected chi connectivity index (χ1v) is 7.52. The summed E-state index contributed by atoms with van der Waals surface area (Å²) in [7, 11) is 0. The molecule has 0 saturated carbocycles. The predicted octanol–water partition coefficient (Wildman–Crippen LogP) is 4.48. The highest BCUT2D eigenvalue weighted by Gasteiger charge is 2.06. The van der Waals surface area contributed by atoms with Crippen LogP contribution in [0.4, 0.5) is 0 Å². The number of hydrogen-bond donors (Lipinski definition) is 0. The van der Waals surface area contributed by atoms with Crippen molar-refractivity contribution in [2.45, 2.75) is 13.1 Å². The van der Waals surface area contributed by atoms with Gasteiger partial charge in [-0.3, -0.25) is 4.90 Å². The summed E-state index contributed by atoms with van der Waals surface area (Å²) >= 11 is 0. The van der Waals surface area contributed by atoms with E-state index in [9.17, 15) is 0 Å². The second-order valence-electron chi connectivity index (χ2n) is 5.52. The molecule has 0 radical (unpaired) electrons. The summed E-state index contributed by atoms with van der Waals surface area (Å²) < 4.78 is 0. The molecule has 3 aromatic carbocycles. The fourth-order valence-electron chi connectivity index (χ4n) is 2.73. The fraction of sp³-hybridized carbons (Fsp3) is 0.143. The van der Waals surface area contributed by atoms with Crippen molar-refractivity contribution in [3.63, 3.8) is 0 Å². The molecule has 0 aromatic heterocycles. The van der Waals surface area contributed by atoms with E-state index in [1.165, 1.54) is 21.9 Å². The van der Waals surface area contributed by atoms with Gasteiger partial charge in [-0.1, -0.05) is 72.7 Å². The van der Waals surface area contributed by atoms with Crippen molar-refractivity contribution < 1.29 is 0 Å². The quantitative estimate of drug-likeness (QED) is 0.625. The molecule has 0 amide bonds. The molecule has 0 N–H and O–H groups in total. The average Bonchev–Trinajstić information content (AvgIpc) is 2.56. The summed E-state index contributed by atoms with van der Waals surface area (Å²) in [6.07, 6.45) is 5.54. The lowest BCUT2D eigenvalue weighted by atomic mass is 10.1. The maximum Gasteiger partial charge on any atom is 0.0605 e. The van der Waals surface area contributed by atoms with Crippen LogP contribution < -0.4 is 0 Å². The first-order chi connectivity index (χ1) is 10.8. The summed E-state index contributed by atoms with van der Waals surface area (Å²) in [5.74, 6) is 2.77. The predicted molar refractivity (Wildman–Crippen MR) is 93.3 cm³/mol. The van der Waals surface area contributed by atoms with E-state index in [0.717, 1.165) is 13.1 Å². The van der Waals surface area contributed by atoms with Crippen molar-refractivity contribution in [3.05, 3.63) is 83.9 Å². The number of rotatable bonds is 5. The van der Waals surface area contributed by atoms with Crippen molar-refractivity contribution in [2.24, 2.45) is 0 Å². The molecule has 22 heavy (non-hydrogen) atoms. The van der Waals surface area contributed by atoms with Crippen molar-refractivity contribution in [3.8, 4) is 12.3 Å². The number of hydrogen-bond acceptors (Lipinski definition) is 1. The highest BCUT2D eigenvalue weighted by molar-refractivity contribution is 5.82. The van der Waals surface area contributed by atoms with Gasteiger partial charge in [-0.15, -0.1) is 6.42 Å². The Kier molecular flexibility index (Phi) is 4.53. The molecule has 0 fully saturated rings. The topological polar surface area (TPSA) is 3.24 Å². The Hall–Kier alpha value is -2.56. The van der Waals surface area contributed by atoms with Crippen LogP contribution in [0.2, 0.25) is 0 Å². The number of benzene rings is 3. The van der Waals surface area contributed by atoms with Crippen LogP contribution >= 0.6 is 0 Å². The Morgan fingerprint density at radius 1 is 0.727 bits per heavy atom. The van der Waals surface area contributed by atoms with Gasteiger partial charge in [0.05, 0.1) is 6.54 Å². The Labute approximate surface area is 132 Å². The van der Waals surface area contributed by atoms with Crippen LogP contribution in [0.1, 0.15) is 11.1 Å². The van der Waals surface area contributed by atoms with Crippen LogP contribution in [-0.2, 0) is 13.1 Å². The maximum atomic E-state index is 5.54. The van der Waals surface area contributed by atoms with Crippen LogP contribution in [0.15, 0.2) is 72.8 Å². The van der Waals surface area contributed by atoms with Crippen LogP contribution in [0.5, 0.6) is 0 Å². The minimum absolute atomic E-state index is 0.654. The molecule has 0 saturated heterocycles. The monoisotopic (exact) mass is 285 g/mol. The maximum absolute atomic E-state index is 5.54. The molecule has 0 aliphatic heterocycles. The second kappa shape index (κ2) is 6.93. The zero-order valence-corrected chi connectivity index (χ0v) is 12.6. The zero-order valence-electron chi connectivity index (χ0n) is 12.6. The third kappa shape index (κ3) is 3.55. The van der Waals surface area contributed by atoms with E-state index in [1.807, 2.05) is 6.07 Å². The van der Waals surface area contributed by atoms with Crippen LogP contribution in [0.3, 0.4) is 0 Å². The van der Waals surface area contributed by atoms with Crippen molar-refractivity contribution in [1.82, 2.24) is 4.90 Å². The van der Waals surface area contributed by atoms with Crippen LogP contribution in [-0.4, -0.2) is 11.4 Å². The smallest absolute Gasteiger partial charge is 0.0605 e. The molecule has 0 aliphatic carbocycles. The summed E-state index contributed by atoms with van der Waals surface area (Å²) in [6, 6.07) is 25.5. The molecule has 0 bridgehead atoms. The third-order valence-corrected chi connectivity index (χ3v) is 3.78. The van der Waals surface area contributed by atoms with Crippen molar-refractivity contribution in [1.29, 1.82) is 0 Å². The fourth-order valence-corrected chi connectivity index (χ4v) is 2.73. The molecule has 1 heteroatoms. The highest BCUT2D eigenvalue weighted by Crippen LogP contribution is 2.17. The van der Waals surface area contributed by atoms with E-state index in [1.54, 1.807) is 0 Å². The van der Waals surface area contributed by atoms with Crippen molar-refractivity contribution >= 4 is 10.8 Å². The van der Waals surface area contributed by atoms with Crippen LogP contribution in [0, 0.1) is 12.3 Å². The molecule has 1 nitrogen and oxygen atoms in total. The molecule has 0 heterocycles. The van der Waals surface area contributed by atoms with Gasteiger partial charge in [0.1, 0.15) is 0 Å². The van der Waals surface area contributed by atoms with Gasteiger partial charge in [-0.05, 0) is 28.0 Å². The van der Waals surface area contributed by atoms with Gasteiger partial charge in [-0.25, -0.2) is 0 Å². The van der Waals surface area contributed by atoms with Gasteiger partial charge in [0.15, 0.2) is 0 Å². The molecule has 3 aromatic rings. The van der Waals surface area contributed by atoms with E-state index >= 15 is 0 Å². The minimum atomic E-state index is 0.654. The second-order valence-corrected chi connectivity index (χ2v) is 5.52. The summed E-state index contributed by atoms with van der Waals surface area (Å²) in [5, 5.41) is 2.55. The normalized spacial score (nSPS) is 10.7. The summed E-state index contributed by atoms with van der Waals surface area (Å²) in [4.78, 5) is 2.29. The Bertz CT molecular complexity index is 784. The Morgan fingerprint density at radius 2 is 1.41 bits per heavy atom. The van der Waals surface area contributed by atoms with E-state index in [2.05, 4.69) is 77.6 Å². The standard InChI is InChI=1S/C21H19N/c1-2-14-22(16-18-8-4-3-5-9-18)17-19-12-13-20-10-6-7-11-21(20)15-19/h1,3-13,15H,14,16-17H2. The molecule has 0 atom stereocenters. The first-order valence-electron chi connectivity index (χ1n) is 7.52. The third-order valence-electron chi connectivity index (χ3n) is 3.78. The lowest BCUT2D eigenvalue weighted by molar-refractivity contribution is 0.291. The molecular formula is C21H19N. The van der Waals surface area contributed by atoms with Gasteiger partial charge in [0.25, 0.3) is 0 Å². The zero-order chi connectivity index (χ0) is 15.2. The first kappa shape index (κ1) is 14.4. The molecule has 0 spiro atoms. The molecular weight excluding hydrogens is 266 g/mol.